The van der Waals surface area contributed by atoms with Gasteiger partial charge in [-0.1, -0.05) is 30.4 Å². The number of hydrogen-bond acceptors (Lipinski definition) is 3. The van der Waals surface area contributed by atoms with Crippen molar-refractivity contribution in [2.45, 2.75) is 0 Å². The van der Waals surface area contributed by atoms with Crippen LogP contribution in [-0.4, -0.2) is 17.3 Å². The van der Waals surface area contributed by atoms with Gasteiger partial charge in [-0.2, -0.15) is 0 Å². The molecule has 0 saturated heterocycles. The molecule has 0 bridgehead atoms. The van der Waals surface area contributed by atoms with Crippen molar-refractivity contribution in [3.63, 3.8) is 0 Å². The standard InChI is InChI=1S/C17H14N2O3/c1-22-13-7-4-11(5-8-13)2-3-12-6-9-14-15(10-12)17(21)19-18-16(14)20/h2-10H,1H3,(H,18,20)(H,19,21). The molecule has 0 spiro atoms. The van der Waals surface area contributed by atoms with E-state index in [9.17, 15) is 9.59 Å². The summed E-state index contributed by atoms with van der Waals surface area (Å²) in [5.41, 5.74) is 1.25. The highest BCUT2D eigenvalue weighted by Gasteiger charge is 2.02. The predicted molar refractivity (Wildman–Crippen MR) is 87.1 cm³/mol. The first kappa shape index (κ1) is 13.9. The molecule has 1 heterocycles. The van der Waals surface area contributed by atoms with Gasteiger partial charge in [0.25, 0.3) is 11.1 Å². The topological polar surface area (TPSA) is 75.0 Å². The van der Waals surface area contributed by atoms with E-state index in [-0.39, 0.29) is 11.1 Å². The Morgan fingerprint density at radius 1 is 0.818 bits per heavy atom. The second-order valence-corrected chi connectivity index (χ2v) is 4.82. The molecule has 1 aromatic heterocycles. The largest absolute Gasteiger partial charge is 0.497 e. The fourth-order valence-electron chi connectivity index (χ4n) is 2.21. The zero-order valence-electron chi connectivity index (χ0n) is 11.9. The van der Waals surface area contributed by atoms with Crippen molar-refractivity contribution >= 4 is 22.9 Å². The Bertz CT molecular complexity index is 950. The van der Waals surface area contributed by atoms with Gasteiger partial charge in [0.15, 0.2) is 0 Å². The molecule has 110 valence electrons. The lowest BCUT2D eigenvalue weighted by Crippen LogP contribution is -2.18. The predicted octanol–water partition coefficient (Wildman–Crippen LogP) is 2.40. The van der Waals surface area contributed by atoms with Crippen molar-refractivity contribution in [1.29, 1.82) is 0 Å². The first-order valence-corrected chi connectivity index (χ1v) is 6.74. The third-order valence-electron chi connectivity index (χ3n) is 3.41. The molecule has 22 heavy (non-hydrogen) atoms. The van der Waals surface area contributed by atoms with Gasteiger partial charge in [0.2, 0.25) is 0 Å². The quantitative estimate of drug-likeness (QED) is 0.728. The Labute approximate surface area is 125 Å². The zero-order valence-corrected chi connectivity index (χ0v) is 11.9. The molecule has 0 unspecified atom stereocenters. The summed E-state index contributed by atoms with van der Waals surface area (Å²) in [5, 5.41) is 5.39. The number of H-pyrrole nitrogens is 2. The van der Waals surface area contributed by atoms with E-state index in [0.717, 1.165) is 16.9 Å². The van der Waals surface area contributed by atoms with Gasteiger partial charge in [-0.15, -0.1) is 0 Å². The van der Waals surface area contributed by atoms with Gasteiger partial charge >= 0.3 is 0 Å². The lowest BCUT2D eigenvalue weighted by atomic mass is 10.1. The molecule has 0 aliphatic rings. The molecule has 2 N–H and O–H groups in total. The van der Waals surface area contributed by atoms with Crippen molar-refractivity contribution in [3.8, 4) is 5.75 Å². The maximum Gasteiger partial charge on any atom is 0.270 e. The molecule has 5 heteroatoms. The SMILES string of the molecule is COc1ccc(C=Cc2ccc3c(=O)[nH][nH]c(=O)c3c2)cc1. The lowest BCUT2D eigenvalue weighted by Gasteiger charge is -2.00. The number of fused-ring (bicyclic) bond motifs is 1. The lowest BCUT2D eigenvalue weighted by molar-refractivity contribution is 0.415. The Hall–Kier alpha value is -3.08. The van der Waals surface area contributed by atoms with Crippen LogP contribution in [0, 0.1) is 0 Å². The minimum absolute atomic E-state index is 0.305. The summed E-state index contributed by atoms with van der Waals surface area (Å²) in [6.45, 7) is 0. The molecule has 5 nitrogen and oxygen atoms in total. The Balaban J connectivity index is 1.96. The fraction of sp³-hybridized carbons (Fsp3) is 0.0588. The van der Waals surface area contributed by atoms with Gasteiger partial charge in [-0.25, -0.2) is 0 Å². The smallest absolute Gasteiger partial charge is 0.270 e. The maximum atomic E-state index is 11.8. The third-order valence-corrected chi connectivity index (χ3v) is 3.41. The van der Waals surface area contributed by atoms with Crippen LogP contribution >= 0.6 is 0 Å². The third kappa shape index (κ3) is 2.69. The van der Waals surface area contributed by atoms with Gasteiger partial charge in [0.1, 0.15) is 5.75 Å². The van der Waals surface area contributed by atoms with Gasteiger partial charge in [-0.05, 0) is 35.4 Å². The van der Waals surface area contributed by atoms with Crippen molar-refractivity contribution in [3.05, 3.63) is 74.3 Å². The number of aromatic amines is 2. The first-order valence-electron chi connectivity index (χ1n) is 6.74. The number of methoxy groups -OCH3 is 1. The fourth-order valence-corrected chi connectivity index (χ4v) is 2.21. The molecular weight excluding hydrogens is 280 g/mol. The van der Waals surface area contributed by atoms with Crippen molar-refractivity contribution in [2.75, 3.05) is 7.11 Å². The molecule has 2 aromatic carbocycles. The summed E-state index contributed by atoms with van der Waals surface area (Å²) >= 11 is 0. The molecule has 0 fully saturated rings. The molecule has 0 amide bonds. The summed E-state index contributed by atoms with van der Waals surface area (Å²) < 4.78 is 5.11. The van der Waals surface area contributed by atoms with Crippen molar-refractivity contribution < 1.29 is 4.74 Å². The van der Waals surface area contributed by atoms with Crippen LogP contribution < -0.4 is 15.9 Å². The second kappa shape index (κ2) is 5.73. The average molecular weight is 294 g/mol. The molecule has 0 saturated carbocycles. The Kier molecular flexibility index (Phi) is 3.62. The van der Waals surface area contributed by atoms with Crippen LogP contribution in [0.15, 0.2) is 52.1 Å². The summed E-state index contributed by atoms with van der Waals surface area (Å²) in [4.78, 5) is 23.4. The molecule has 0 aliphatic heterocycles. The molecule has 0 radical (unpaired) electrons. The van der Waals surface area contributed by atoms with E-state index < -0.39 is 0 Å². The number of benzene rings is 2. The van der Waals surface area contributed by atoms with Crippen LogP contribution in [0.2, 0.25) is 0 Å². The summed E-state index contributed by atoms with van der Waals surface area (Å²) in [6.07, 6.45) is 3.82. The number of ether oxygens (including phenoxy) is 1. The Morgan fingerprint density at radius 3 is 2.09 bits per heavy atom. The van der Waals surface area contributed by atoms with E-state index in [4.69, 9.17) is 4.74 Å². The first-order chi connectivity index (χ1) is 10.7. The normalized spacial score (nSPS) is 11.1. The van der Waals surface area contributed by atoms with Crippen LogP contribution in [0.1, 0.15) is 11.1 Å². The van der Waals surface area contributed by atoms with Gasteiger partial charge < -0.3 is 4.74 Å². The number of nitrogens with one attached hydrogen (secondary N) is 2. The van der Waals surface area contributed by atoms with Crippen LogP contribution in [0.3, 0.4) is 0 Å². The van der Waals surface area contributed by atoms with E-state index in [2.05, 4.69) is 10.2 Å². The van der Waals surface area contributed by atoms with E-state index in [1.165, 1.54) is 0 Å². The highest BCUT2D eigenvalue weighted by molar-refractivity contribution is 5.84. The highest BCUT2D eigenvalue weighted by Crippen LogP contribution is 2.15. The van der Waals surface area contributed by atoms with Gasteiger partial charge in [0, 0.05) is 0 Å². The van der Waals surface area contributed by atoms with E-state index in [1.54, 1.807) is 25.3 Å². The van der Waals surface area contributed by atoms with E-state index in [0.29, 0.717) is 10.8 Å². The Morgan fingerprint density at radius 2 is 1.41 bits per heavy atom. The monoisotopic (exact) mass is 294 g/mol. The van der Waals surface area contributed by atoms with Crippen molar-refractivity contribution in [1.82, 2.24) is 10.2 Å². The summed E-state index contributed by atoms with van der Waals surface area (Å²) in [5.74, 6) is 0.800. The van der Waals surface area contributed by atoms with Gasteiger partial charge in [0.05, 0.1) is 17.9 Å². The average Bonchev–Trinajstić information content (AvgIpc) is 2.57. The van der Waals surface area contributed by atoms with Crippen LogP contribution in [0.25, 0.3) is 22.9 Å². The molecule has 0 aliphatic carbocycles. The van der Waals surface area contributed by atoms with Crippen LogP contribution in [-0.2, 0) is 0 Å². The highest BCUT2D eigenvalue weighted by atomic mass is 16.5. The van der Waals surface area contributed by atoms with Gasteiger partial charge in [-0.3, -0.25) is 19.8 Å². The summed E-state index contributed by atoms with van der Waals surface area (Å²) in [6, 6.07) is 12.8. The molecular formula is C17H14N2O3. The minimum Gasteiger partial charge on any atom is -0.497 e. The minimum atomic E-state index is -0.311. The molecule has 3 rings (SSSR count). The number of hydrogen-bond donors (Lipinski definition) is 2. The number of aromatic nitrogens is 2. The summed E-state index contributed by atoms with van der Waals surface area (Å²) in [7, 11) is 1.62. The van der Waals surface area contributed by atoms with Crippen LogP contribution in [0.4, 0.5) is 0 Å². The second-order valence-electron chi connectivity index (χ2n) is 4.82. The van der Waals surface area contributed by atoms with E-state index in [1.807, 2.05) is 36.4 Å². The molecule has 3 aromatic rings. The van der Waals surface area contributed by atoms with Crippen LogP contribution in [0.5, 0.6) is 5.75 Å². The van der Waals surface area contributed by atoms with Crippen molar-refractivity contribution in [2.24, 2.45) is 0 Å². The van der Waals surface area contributed by atoms with E-state index >= 15 is 0 Å². The molecule has 0 atom stereocenters. The number of rotatable bonds is 3. The maximum absolute atomic E-state index is 11.8. The zero-order chi connectivity index (χ0) is 15.5.